The summed E-state index contributed by atoms with van der Waals surface area (Å²) in [4.78, 5) is 11.4. The first-order valence-electron chi connectivity index (χ1n) is 9.99. The molecule has 0 spiro atoms. The third kappa shape index (κ3) is 4.67. The second-order valence-corrected chi connectivity index (χ2v) is 7.47. The number of aromatic nitrogens is 4. The molecule has 1 unspecified atom stereocenters. The number of anilines is 1. The van der Waals surface area contributed by atoms with Gasteiger partial charge in [-0.3, -0.25) is 5.10 Å². The molecule has 1 atom stereocenters. The maximum absolute atomic E-state index is 5.81. The lowest BCUT2D eigenvalue weighted by Crippen LogP contribution is -2.22. The number of rotatable bonds is 7. The van der Waals surface area contributed by atoms with Crippen LogP contribution in [0.4, 0.5) is 5.95 Å². The fraction of sp³-hybridized carbons (Fsp3) is 0.409. The van der Waals surface area contributed by atoms with Crippen molar-refractivity contribution in [3.63, 3.8) is 0 Å². The van der Waals surface area contributed by atoms with Crippen LogP contribution in [0.25, 0.3) is 0 Å². The smallest absolute Gasteiger partial charge is 0.225 e. The van der Waals surface area contributed by atoms with Crippen LogP contribution in [0.2, 0.25) is 0 Å². The fourth-order valence-corrected chi connectivity index (χ4v) is 3.70. The van der Waals surface area contributed by atoms with Crippen molar-refractivity contribution in [3.8, 4) is 11.5 Å². The zero-order valence-corrected chi connectivity index (χ0v) is 17.2. The lowest BCUT2D eigenvalue weighted by Gasteiger charge is -2.16. The van der Waals surface area contributed by atoms with Crippen LogP contribution < -0.4 is 14.4 Å². The SMILES string of the molecule is COc1ccc(OCCc2cc(C3CCN(c4nc(C)cc(C)n4)C3)n[nH]2)cc1. The maximum atomic E-state index is 5.81. The van der Waals surface area contributed by atoms with Crippen molar-refractivity contribution in [1.82, 2.24) is 20.2 Å². The van der Waals surface area contributed by atoms with Crippen LogP contribution in [0.5, 0.6) is 11.5 Å². The Hall–Kier alpha value is -3.09. The summed E-state index contributed by atoms with van der Waals surface area (Å²) in [5.41, 5.74) is 4.22. The number of ether oxygens (including phenoxy) is 2. The number of nitrogens with one attached hydrogen (secondary N) is 1. The Bertz CT molecular complexity index is 934. The van der Waals surface area contributed by atoms with Crippen molar-refractivity contribution in [2.75, 3.05) is 31.7 Å². The Balaban J connectivity index is 1.30. The second-order valence-electron chi connectivity index (χ2n) is 7.47. The van der Waals surface area contributed by atoms with E-state index in [1.807, 2.05) is 44.2 Å². The molecule has 0 aliphatic carbocycles. The fourth-order valence-electron chi connectivity index (χ4n) is 3.70. The molecule has 7 nitrogen and oxygen atoms in total. The third-order valence-electron chi connectivity index (χ3n) is 5.21. The zero-order chi connectivity index (χ0) is 20.2. The molecule has 0 bridgehead atoms. The van der Waals surface area contributed by atoms with Crippen molar-refractivity contribution in [2.24, 2.45) is 0 Å². The van der Waals surface area contributed by atoms with Gasteiger partial charge >= 0.3 is 0 Å². The van der Waals surface area contributed by atoms with Gasteiger partial charge in [0.1, 0.15) is 11.5 Å². The van der Waals surface area contributed by atoms with Crippen LogP contribution in [0.15, 0.2) is 36.4 Å². The average molecular weight is 393 g/mol. The minimum atomic E-state index is 0.395. The normalized spacial score (nSPS) is 16.2. The summed E-state index contributed by atoms with van der Waals surface area (Å²) in [7, 11) is 1.66. The lowest BCUT2D eigenvalue weighted by atomic mass is 10.0. The summed E-state index contributed by atoms with van der Waals surface area (Å²) in [6.45, 7) is 6.48. The minimum Gasteiger partial charge on any atom is -0.497 e. The molecule has 7 heteroatoms. The summed E-state index contributed by atoms with van der Waals surface area (Å²) in [6.07, 6.45) is 1.85. The molecule has 0 radical (unpaired) electrons. The molecular weight excluding hydrogens is 366 g/mol. The number of hydrogen-bond acceptors (Lipinski definition) is 6. The molecular formula is C22H27N5O2. The van der Waals surface area contributed by atoms with Gasteiger partial charge in [0.15, 0.2) is 0 Å². The molecule has 0 saturated carbocycles. The van der Waals surface area contributed by atoms with Crippen molar-refractivity contribution < 1.29 is 9.47 Å². The van der Waals surface area contributed by atoms with Crippen LogP contribution in [-0.4, -0.2) is 47.0 Å². The van der Waals surface area contributed by atoms with E-state index >= 15 is 0 Å². The number of nitrogens with zero attached hydrogens (tertiary/aromatic N) is 4. The van der Waals surface area contributed by atoms with E-state index in [1.54, 1.807) is 7.11 Å². The highest BCUT2D eigenvalue weighted by molar-refractivity contribution is 5.36. The summed E-state index contributed by atoms with van der Waals surface area (Å²) in [5, 5.41) is 7.71. The topological polar surface area (TPSA) is 76.2 Å². The Labute approximate surface area is 171 Å². The Morgan fingerprint density at radius 3 is 2.52 bits per heavy atom. The van der Waals surface area contributed by atoms with E-state index in [2.05, 4.69) is 31.1 Å². The van der Waals surface area contributed by atoms with Crippen molar-refractivity contribution in [3.05, 3.63) is 59.2 Å². The summed E-state index contributed by atoms with van der Waals surface area (Å²) in [5.74, 6) is 2.89. The van der Waals surface area contributed by atoms with Gasteiger partial charge in [-0.25, -0.2) is 9.97 Å². The minimum absolute atomic E-state index is 0.395. The maximum Gasteiger partial charge on any atom is 0.225 e. The Kier molecular flexibility index (Phi) is 5.64. The van der Waals surface area contributed by atoms with Crippen molar-refractivity contribution >= 4 is 5.95 Å². The molecule has 4 rings (SSSR count). The van der Waals surface area contributed by atoms with E-state index in [-0.39, 0.29) is 0 Å². The molecule has 1 fully saturated rings. The summed E-state index contributed by atoms with van der Waals surface area (Å²) < 4.78 is 11.0. The molecule has 1 N–H and O–H groups in total. The number of aryl methyl sites for hydroxylation is 2. The van der Waals surface area contributed by atoms with E-state index in [9.17, 15) is 0 Å². The summed E-state index contributed by atoms with van der Waals surface area (Å²) in [6, 6.07) is 11.8. The molecule has 2 aromatic heterocycles. The molecule has 1 aliphatic heterocycles. The molecule has 1 saturated heterocycles. The van der Waals surface area contributed by atoms with Crippen molar-refractivity contribution in [2.45, 2.75) is 32.6 Å². The first kappa shape index (κ1) is 19.2. The van der Waals surface area contributed by atoms with Gasteiger partial charge in [0.2, 0.25) is 5.95 Å². The first-order valence-corrected chi connectivity index (χ1v) is 9.99. The van der Waals surface area contributed by atoms with Crippen LogP contribution in [0.1, 0.15) is 35.1 Å². The third-order valence-corrected chi connectivity index (χ3v) is 5.21. The van der Waals surface area contributed by atoms with Gasteiger partial charge in [-0.15, -0.1) is 0 Å². The Morgan fingerprint density at radius 1 is 1.07 bits per heavy atom. The first-order chi connectivity index (χ1) is 14.1. The predicted molar refractivity (Wildman–Crippen MR) is 112 cm³/mol. The van der Waals surface area contributed by atoms with E-state index < -0.39 is 0 Å². The standard InChI is InChI=1S/C22H27N5O2/c1-15-12-16(2)24-22(23-15)27-10-8-17(14-27)21-13-18(25-26-21)9-11-29-20-6-4-19(28-3)5-7-20/h4-7,12-13,17H,8-11,14H2,1-3H3,(H,25,26). The molecule has 3 heterocycles. The quantitative estimate of drug-likeness (QED) is 0.663. The van der Waals surface area contributed by atoms with Crippen LogP contribution in [-0.2, 0) is 6.42 Å². The highest BCUT2D eigenvalue weighted by Crippen LogP contribution is 2.28. The van der Waals surface area contributed by atoms with Crippen LogP contribution >= 0.6 is 0 Å². The van der Waals surface area contributed by atoms with Crippen molar-refractivity contribution in [1.29, 1.82) is 0 Å². The van der Waals surface area contributed by atoms with Gasteiger partial charge in [-0.05, 0) is 56.7 Å². The lowest BCUT2D eigenvalue weighted by molar-refractivity contribution is 0.319. The van der Waals surface area contributed by atoms with Gasteiger partial charge in [0.05, 0.1) is 19.4 Å². The Morgan fingerprint density at radius 2 is 1.79 bits per heavy atom. The van der Waals surface area contributed by atoms with Crippen LogP contribution in [0, 0.1) is 13.8 Å². The number of benzene rings is 1. The number of aromatic amines is 1. The monoisotopic (exact) mass is 393 g/mol. The zero-order valence-electron chi connectivity index (χ0n) is 17.2. The second kappa shape index (κ2) is 8.51. The van der Waals surface area contributed by atoms with Gasteiger partial charge in [0, 0.05) is 42.5 Å². The molecule has 0 amide bonds. The predicted octanol–water partition coefficient (Wildman–Crippen LogP) is 3.44. The molecule has 1 aliphatic rings. The molecule has 1 aromatic carbocycles. The molecule has 3 aromatic rings. The number of H-pyrrole nitrogens is 1. The van der Waals surface area contributed by atoms with E-state index in [1.165, 1.54) is 0 Å². The molecule has 29 heavy (non-hydrogen) atoms. The van der Waals surface area contributed by atoms with E-state index in [4.69, 9.17) is 9.47 Å². The molecule has 152 valence electrons. The average Bonchev–Trinajstić information content (AvgIpc) is 3.37. The van der Waals surface area contributed by atoms with Gasteiger partial charge < -0.3 is 14.4 Å². The largest absolute Gasteiger partial charge is 0.497 e. The highest BCUT2D eigenvalue weighted by Gasteiger charge is 2.27. The number of hydrogen-bond donors (Lipinski definition) is 1. The number of methoxy groups -OCH3 is 1. The van der Waals surface area contributed by atoms with Gasteiger partial charge in [-0.1, -0.05) is 0 Å². The van der Waals surface area contributed by atoms with Gasteiger partial charge in [-0.2, -0.15) is 5.10 Å². The van der Waals surface area contributed by atoms with Gasteiger partial charge in [0.25, 0.3) is 0 Å². The van der Waals surface area contributed by atoms with E-state index in [0.717, 1.165) is 66.2 Å². The highest BCUT2D eigenvalue weighted by atomic mass is 16.5. The van der Waals surface area contributed by atoms with Crippen LogP contribution in [0.3, 0.4) is 0 Å². The summed E-state index contributed by atoms with van der Waals surface area (Å²) >= 11 is 0. The van der Waals surface area contributed by atoms with E-state index in [0.29, 0.717) is 12.5 Å².